The third-order valence-corrected chi connectivity index (χ3v) is 4.65. The van der Waals surface area contributed by atoms with Gasteiger partial charge in [-0.2, -0.15) is 10.5 Å². The minimum Gasteiger partial charge on any atom is -0.456 e. The van der Waals surface area contributed by atoms with E-state index in [1.165, 1.54) is 0 Å². The molecule has 0 radical (unpaired) electrons. The fourth-order valence-corrected chi connectivity index (χ4v) is 3.46. The van der Waals surface area contributed by atoms with Crippen LogP contribution in [0.2, 0.25) is 0 Å². The van der Waals surface area contributed by atoms with Gasteiger partial charge in [0, 0.05) is 23.5 Å². The van der Waals surface area contributed by atoms with Crippen molar-refractivity contribution < 1.29 is 19.1 Å². The van der Waals surface area contributed by atoms with Crippen LogP contribution in [0.5, 0.6) is 0 Å². The van der Waals surface area contributed by atoms with E-state index in [0.29, 0.717) is 24.2 Å². The van der Waals surface area contributed by atoms with Crippen molar-refractivity contribution in [2.45, 2.75) is 90.5 Å². The highest BCUT2D eigenvalue weighted by atomic mass is 16.6. The Morgan fingerprint density at radius 3 is 1.40 bits per heavy atom. The van der Waals surface area contributed by atoms with Gasteiger partial charge < -0.3 is 20.1 Å². The topological polar surface area (TPSA) is 124 Å². The fraction of sp³-hybridized carbons (Fsp3) is 0.636. The van der Waals surface area contributed by atoms with E-state index in [2.05, 4.69) is 10.6 Å². The molecule has 0 spiro atoms. The number of carbonyl (C=O) groups is 2. The molecule has 0 aromatic heterocycles. The maximum atomic E-state index is 12.3. The van der Waals surface area contributed by atoms with E-state index in [1.54, 1.807) is 41.5 Å². The minimum absolute atomic E-state index is 0.00680. The predicted octanol–water partition coefficient (Wildman–Crippen LogP) is 2.73. The lowest BCUT2D eigenvalue weighted by molar-refractivity contribution is -0.150. The highest BCUT2D eigenvalue weighted by Crippen LogP contribution is 2.29. The molecular formula is C22H30N4O4. The standard InChI is InChI=1S/C22H30N4O4/c1-21(2,3)29-19(27)13(11-23)15-7-9-17(25-15)18-10-8-16(26-18)14(12-24)20(28)30-22(4,5)6/h17-18,25-26H,7-10H2,1-6H3/b15-13+,16-14+/t17-,18+. The first-order valence-corrected chi connectivity index (χ1v) is 10.1. The lowest BCUT2D eigenvalue weighted by Crippen LogP contribution is -2.41. The Bertz CT molecular complexity index is 788. The summed E-state index contributed by atoms with van der Waals surface area (Å²) >= 11 is 0. The Hall–Kier alpha value is -3.00. The first kappa shape index (κ1) is 23.3. The van der Waals surface area contributed by atoms with Crippen LogP contribution in [0.1, 0.15) is 67.2 Å². The summed E-state index contributed by atoms with van der Waals surface area (Å²) in [4.78, 5) is 24.6. The first-order valence-electron chi connectivity index (χ1n) is 10.1. The highest BCUT2D eigenvalue weighted by Gasteiger charge is 2.35. The number of ether oxygens (including phenoxy) is 2. The average molecular weight is 415 g/mol. The molecule has 2 N–H and O–H groups in total. The van der Waals surface area contributed by atoms with Crippen molar-refractivity contribution in [3.05, 3.63) is 22.5 Å². The summed E-state index contributed by atoms with van der Waals surface area (Å²) in [7, 11) is 0. The van der Waals surface area contributed by atoms with Gasteiger partial charge in [0.1, 0.15) is 23.3 Å². The quantitative estimate of drug-likeness (QED) is 0.410. The van der Waals surface area contributed by atoms with Gasteiger partial charge in [0.25, 0.3) is 0 Å². The van der Waals surface area contributed by atoms with Gasteiger partial charge in [-0.3, -0.25) is 0 Å². The van der Waals surface area contributed by atoms with Gasteiger partial charge >= 0.3 is 11.9 Å². The zero-order chi connectivity index (χ0) is 22.7. The van der Waals surface area contributed by atoms with Gasteiger partial charge in [0.2, 0.25) is 0 Å². The third-order valence-electron chi connectivity index (χ3n) is 4.65. The summed E-state index contributed by atoms with van der Waals surface area (Å²) in [6.45, 7) is 10.5. The van der Waals surface area contributed by atoms with Gasteiger partial charge in [-0.1, -0.05) is 0 Å². The fourth-order valence-electron chi connectivity index (χ4n) is 3.46. The Kier molecular flexibility index (Phi) is 6.82. The molecule has 162 valence electrons. The molecule has 8 nitrogen and oxygen atoms in total. The summed E-state index contributed by atoms with van der Waals surface area (Å²) in [6, 6.07) is 3.87. The first-order chi connectivity index (χ1) is 13.8. The van der Waals surface area contributed by atoms with Crippen LogP contribution in [0.3, 0.4) is 0 Å². The molecule has 8 heteroatoms. The third kappa shape index (κ3) is 6.00. The van der Waals surface area contributed by atoms with Crippen molar-refractivity contribution in [3.63, 3.8) is 0 Å². The molecule has 0 aromatic carbocycles. The molecule has 0 bridgehead atoms. The summed E-state index contributed by atoms with van der Waals surface area (Å²) < 4.78 is 10.6. The molecule has 2 aliphatic rings. The van der Waals surface area contributed by atoms with Gasteiger partial charge in [0.05, 0.1) is 0 Å². The molecule has 2 heterocycles. The van der Waals surface area contributed by atoms with E-state index in [9.17, 15) is 20.1 Å². The molecule has 2 atom stereocenters. The highest BCUT2D eigenvalue weighted by molar-refractivity contribution is 5.94. The Morgan fingerprint density at radius 2 is 1.13 bits per heavy atom. The summed E-state index contributed by atoms with van der Waals surface area (Å²) in [5, 5.41) is 25.4. The van der Waals surface area contributed by atoms with E-state index in [0.717, 1.165) is 12.8 Å². The van der Waals surface area contributed by atoms with Gasteiger partial charge in [-0.05, 0) is 67.2 Å². The molecule has 2 fully saturated rings. The van der Waals surface area contributed by atoms with E-state index in [1.807, 2.05) is 12.1 Å². The van der Waals surface area contributed by atoms with Crippen LogP contribution in [0.25, 0.3) is 0 Å². The van der Waals surface area contributed by atoms with E-state index in [-0.39, 0.29) is 23.2 Å². The molecule has 0 amide bonds. The number of hydrogen-bond acceptors (Lipinski definition) is 8. The van der Waals surface area contributed by atoms with Crippen molar-refractivity contribution in [1.29, 1.82) is 10.5 Å². The normalized spacial score (nSPS) is 24.7. The Labute approximate surface area is 177 Å². The Morgan fingerprint density at radius 1 is 0.800 bits per heavy atom. The molecule has 2 saturated heterocycles. The van der Waals surface area contributed by atoms with Crippen molar-refractivity contribution in [2.24, 2.45) is 0 Å². The smallest absolute Gasteiger partial charge is 0.351 e. The summed E-state index contributed by atoms with van der Waals surface area (Å²) in [5.74, 6) is -1.27. The van der Waals surface area contributed by atoms with Crippen LogP contribution in [-0.2, 0) is 19.1 Å². The molecule has 0 aromatic rings. The van der Waals surface area contributed by atoms with Gasteiger partial charge in [0.15, 0.2) is 11.1 Å². The second-order valence-electron chi connectivity index (χ2n) is 9.51. The number of nitriles is 2. The molecule has 2 rings (SSSR count). The molecule has 0 saturated carbocycles. The lowest BCUT2D eigenvalue weighted by atomic mass is 10.0. The SMILES string of the molecule is CC(C)(C)OC(=O)/C(C#N)=C1\CC[C@@H]([C@H]2CC/C(=C(/C#N)C(=O)OC(C)(C)C)N2)N1. The number of allylic oxidation sites excluding steroid dienone is 2. The molecule has 0 unspecified atom stereocenters. The zero-order valence-corrected chi connectivity index (χ0v) is 18.5. The van der Waals surface area contributed by atoms with Crippen molar-refractivity contribution in [3.8, 4) is 12.1 Å². The number of rotatable bonds is 3. The lowest BCUT2D eigenvalue weighted by Gasteiger charge is -2.22. The van der Waals surface area contributed by atoms with Gasteiger partial charge in [-0.25, -0.2) is 9.59 Å². The van der Waals surface area contributed by atoms with Crippen LogP contribution in [0, 0.1) is 22.7 Å². The number of hydrogen-bond donors (Lipinski definition) is 2. The second-order valence-corrected chi connectivity index (χ2v) is 9.51. The number of esters is 2. The number of nitrogens with one attached hydrogen (secondary N) is 2. The monoisotopic (exact) mass is 414 g/mol. The van der Waals surface area contributed by atoms with Gasteiger partial charge in [-0.15, -0.1) is 0 Å². The maximum absolute atomic E-state index is 12.3. The van der Waals surface area contributed by atoms with Crippen LogP contribution in [0.15, 0.2) is 22.5 Å². The van der Waals surface area contributed by atoms with Crippen molar-refractivity contribution in [1.82, 2.24) is 10.6 Å². The molecular weight excluding hydrogens is 384 g/mol. The summed E-state index contributed by atoms with van der Waals surface area (Å²) in [5.41, 5.74) is -0.229. The second kappa shape index (κ2) is 8.79. The average Bonchev–Trinajstić information content (AvgIpc) is 3.22. The number of nitrogens with zero attached hydrogens (tertiary/aromatic N) is 2. The maximum Gasteiger partial charge on any atom is 0.351 e. The molecule has 2 aliphatic heterocycles. The zero-order valence-electron chi connectivity index (χ0n) is 18.5. The van der Waals surface area contributed by atoms with E-state index < -0.39 is 23.1 Å². The summed E-state index contributed by atoms with van der Waals surface area (Å²) in [6.07, 6.45) is 2.56. The molecule has 0 aliphatic carbocycles. The van der Waals surface area contributed by atoms with Crippen LogP contribution < -0.4 is 10.6 Å². The van der Waals surface area contributed by atoms with Crippen molar-refractivity contribution in [2.75, 3.05) is 0 Å². The molecule has 30 heavy (non-hydrogen) atoms. The number of carbonyl (C=O) groups excluding carboxylic acids is 2. The largest absolute Gasteiger partial charge is 0.456 e. The van der Waals surface area contributed by atoms with E-state index in [4.69, 9.17) is 9.47 Å². The van der Waals surface area contributed by atoms with Crippen molar-refractivity contribution >= 4 is 11.9 Å². The van der Waals surface area contributed by atoms with Crippen LogP contribution >= 0.6 is 0 Å². The van der Waals surface area contributed by atoms with E-state index >= 15 is 0 Å². The minimum atomic E-state index is -0.681. The van der Waals surface area contributed by atoms with Crippen LogP contribution in [-0.4, -0.2) is 35.2 Å². The predicted molar refractivity (Wildman–Crippen MR) is 109 cm³/mol. The Balaban J connectivity index is 2.11. The van der Waals surface area contributed by atoms with Crippen LogP contribution in [0.4, 0.5) is 0 Å².